The quantitative estimate of drug-likeness (QED) is 0.723. The monoisotopic (exact) mass is 401 g/mol. The SMILES string of the molecule is Cc1cccc(NC(=O)C2CCCN(C(=O)CCCN3C(=O)CN(C)C3=O)C2)n1. The molecule has 9 heteroatoms. The molecular formula is C20H27N5O4. The second-order valence-electron chi connectivity index (χ2n) is 7.62. The summed E-state index contributed by atoms with van der Waals surface area (Å²) in [4.78, 5) is 57.3. The van der Waals surface area contributed by atoms with Gasteiger partial charge >= 0.3 is 6.03 Å². The number of nitrogens with zero attached hydrogens (tertiary/aromatic N) is 4. The van der Waals surface area contributed by atoms with Gasteiger partial charge in [0.05, 0.1) is 5.92 Å². The number of nitrogens with one attached hydrogen (secondary N) is 1. The molecule has 3 heterocycles. The number of pyridine rings is 1. The molecule has 3 rings (SSSR count). The predicted molar refractivity (Wildman–Crippen MR) is 106 cm³/mol. The fraction of sp³-hybridized carbons (Fsp3) is 0.550. The second-order valence-corrected chi connectivity index (χ2v) is 7.62. The Balaban J connectivity index is 1.47. The Kier molecular flexibility index (Phi) is 6.46. The molecule has 1 atom stereocenters. The number of likely N-dealkylation sites (N-methyl/N-ethyl adjacent to an activating group) is 1. The number of likely N-dealkylation sites (tertiary alicyclic amines) is 1. The number of aryl methyl sites for hydroxylation is 1. The highest BCUT2D eigenvalue weighted by Crippen LogP contribution is 2.20. The van der Waals surface area contributed by atoms with Gasteiger partial charge in [-0.3, -0.25) is 19.3 Å². The fourth-order valence-corrected chi connectivity index (χ4v) is 3.69. The number of anilines is 1. The van der Waals surface area contributed by atoms with Crippen molar-refractivity contribution in [2.24, 2.45) is 5.92 Å². The lowest BCUT2D eigenvalue weighted by Gasteiger charge is -2.32. The Morgan fingerprint density at radius 1 is 1.28 bits per heavy atom. The lowest BCUT2D eigenvalue weighted by molar-refractivity contribution is -0.135. The number of hydrogen-bond acceptors (Lipinski definition) is 5. The van der Waals surface area contributed by atoms with Crippen molar-refractivity contribution < 1.29 is 19.2 Å². The number of rotatable bonds is 6. The van der Waals surface area contributed by atoms with Gasteiger partial charge in [0.15, 0.2) is 0 Å². The summed E-state index contributed by atoms with van der Waals surface area (Å²) in [5.41, 5.74) is 0.824. The molecule has 1 aromatic rings. The van der Waals surface area contributed by atoms with Crippen LogP contribution in [-0.2, 0) is 14.4 Å². The maximum atomic E-state index is 12.6. The standard InChI is InChI=1S/C20H27N5O4/c1-14-6-3-8-16(21-14)22-19(28)15-7-4-10-24(12-15)17(26)9-5-11-25-18(27)13-23(2)20(25)29/h3,6,8,15H,4-5,7,9-13H2,1-2H3,(H,21,22,28). The van der Waals surface area contributed by atoms with E-state index < -0.39 is 0 Å². The highest BCUT2D eigenvalue weighted by molar-refractivity contribution is 6.01. The average Bonchev–Trinajstić information content (AvgIpc) is 2.94. The average molecular weight is 401 g/mol. The lowest BCUT2D eigenvalue weighted by Crippen LogP contribution is -2.44. The summed E-state index contributed by atoms with van der Waals surface area (Å²) in [5.74, 6) is -0.168. The Morgan fingerprint density at radius 3 is 2.76 bits per heavy atom. The molecule has 0 spiro atoms. The summed E-state index contributed by atoms with van der Waals surface area (Å²) in [6.07, 6.45) is 2.16. The van der Waals surface area contributed by atoms with Crippen LogP contribution in [0.2, 0.25) is 0 Å². The van der Waals surface area contributed by atoms with Crippen LogP contribution >= 0.6 is 0 Å². The zero-order chi connectivity index (χ0) is 21.0. The van der Waals surface area contributed by atoms with E-state index in [1.807, 2.05) is 19.1 Å². The van der Waals surface area contributed by atoms with E-state index in [1.54, 1.807) is 18.0 Å². The van der Waals surface area contributed by atoms with Crippen LogP contribution in [0.25, 0.3) is 0 Å². The molecule has 1 unspecified atom stereocenters. The molecule has 5 amide bonds. The summed E-state index contributed by atoms with van der Waals surface area (Å²) in [6, 6.07) is 5.12. The number of aromatic nitrogens is 1. The third-order valence-electron chi connectivity index (χ3n) is 5.29. The van der Waals surface area contributed by atoms with Crippen molar-refractivity contribution in [2.45, 2.75) is 32.6 Å². The molecule has 156 valence electrons. The first kappa shape index (κ1) is 20.8. The van der Waals surface area contributed by atoms with Gasteiger partial charge in [-0.25, -0.2) is 9.78 Å². The van der Waals surface area contributed by atoms with Gasteiger partial charge in [-0.2, -0.15) is 0 Å². The van der Waals surface area contributed by atoms with Crippen molar-refractivity contribution in [1.82, 2.24) is 19.7 Å². The van der Waals surface area contributed by atoms with Crippen LogP contribution in [-0.4, -0.2) is 76.7 Å². The smallest absolute Gasteiger partial charge is 0.326 e. The summed E-state index contributed by atoms with van der Waals surface area (Å²) < 4.78 is 0. The van der Waals surface area contributed by atoms with E-state index in [1.165, 1.54) is 9.80 Å². The zero-order valence-corrected chi connectivity index (χ0v) is 16.9. The number of amides is 5. The molecule has 2 aliphatic rings. The third kappa shape index (κ3) is 5.10. The molecule has 0 radical (unpaired) electrons. The van der Waals surface area contributed by atoms with E-state index in [9.17, 15) is 19.2 Å². The van der Waals surface area contributed by atoms with E-state index in [0.29, 0.717) is 25.3 Å². The van der Waals surface area contributed by atoms with Gasteiger partial charge in [-0.1, -0.05) is 6.07 Å². The van der Waals surface area contributed by atoms with Gasteiger partial charge < -0.3 is 15.1 Å². The number of carbonyl (C=O) groups is 4. The van der Waals surface area contributed by atoms with Gasteiger partial charge in [0.1, 0.15) is 12.4 Å². The Hall–Kier alpha value is -2.97. The van der Waals surface area contributed by atoms with E-state index in [-0.39, 0.29) is 49.2 Å². The fourth-order valence-electron chi connectivity index (χ4n) is 3.69. The summed E-state index contributed by atoms with van der Waals surface area (Å²) in [6.45, 7) is 3.18. The maximum absolute atomic E-state index is 12.6. The number of hydrogen-bond donors (Lipinski definition) is 1. The van der Waals surface area contributed by atoms with Crippen LogP contribution in [0.15, 0.2) is 18.2 Å². The molecule has 9 nitrogen and oxygen atoms in total. The van der Waals surface area contributed by atoms with Gasteiger partial charge in [0.25, 0.3) is 0 Å². The van der Waals surface area contributed by atoms with E-state index >= 15 is 0 Å². The molecule has 0 aliphatic carbocycles. The Morgan fingerprint density at radius 2 is 2.07 bits per heavy atom. The number of urea groups is 1. The van der Waals surface area contributed by atoms with E-state index in [4.69, 9.17) is 0 Å². The molecule has 2 fully saturated rings. The van der Waals surface area contributed by atoms with Gasteiger partial charge in [0, 0.05) is 38.8 Å². The van der Waals surface area contributed by atoms with Crippen LogP contribution in [0.5, 0.6) is 0 Å². The molecule has 2 saturated heterocycles. The van der Waals surface area contributed by atoms with E-state index in [0.717, 1.165) is 18.5 Å². The molecule has 29 heavy (non-hydrogen) atoms. The maximum Gasteiger partial charge on any atom is 0.326 e. The molecule has 1 N–H and O–H groups in total. The largest absolute Gasteiger partial charge is 0.342 e. The van der Waals surface area contributed by atoms with Crippen LogP contribution in [0.1, 0.15) is 31.4 Å². The van der Waals surface area contributed by atoms with Crippen molar-refractivity contribution in [1.29, 1.82) is 0 Å². The van der Waals surface area contributed by atoms with Crippen molar-refractivity contribution >= 4 is 29.6 Å². The third-order valence-corrected chi connectivity index (χ3v) is 5.29. The molecule has 2 aliphatic heterocycles. The minimum absolute atomic E-state index is 0.0522. The van der Waals surface area contributed by atoms with Gasteiger partial charge in [-0.15, -0.1) is 0 Å². The minimum atomic E-state index is -0.318. The van der Waals surface area contributed by atoms with Crippen molar-refractivity contribution in [2.75, 3.05) is 38.5 Å². The van der Waals surface area contributed by atoms with Crippen LogP contribution in [0, 0.1) is 12.8 Å². The first-order valence-corrected chi connectivity index (χ1v) is 9.93. The topological polar surface area (TPSA) is 103 Å². The molecule has 1 aromatic heterocycles. The first-order valence-electron chi connectivity index (χ1n) is 9.93. The summed E-state index contributed by atoms with van der Waals surface area (Å²) >= 11 is 0. The first-order chi connectivity index (χ1) is 13.8. The van der Waals surface area contributed by atoms with Crippen LogP contribution in [0.3, 0.4) is 0 Å². The molecular weight excluding hydrogens is 374 g/mol. The summed E-state index contributed by atoms with van der Waals surface area (Å²) in [5, 5.41) is 2.83. The zero-order valence-electron chi connectivity index (χ0n) is 16.9. The minimum Gasteiger partial charge on any atom is -0.342 e. The second kappa shape index (κ2) is 9.02. The Bertz CT molecular complexity index is 812. The Labute approximate surface area is 170 Å². The van der Waals surface area contributed by atoms with Crippen LogP contribution < -0.4 is 5.32 Å². The molecule has 0 saturated carbocycles. The number of carbonyl (C=O) groups excluding carboxylic acids is 4. The van der Waals surface area contributed by atoms with Crippen molar-refractivity contribution in [3.8, 4) is 0 Å². The highest BCUT2D eigenvalue weighted by atomic mass is 16.2. The molecule has 0 aromatic carbocycles. The predicted octanol–water partition coefficient (Wildman–Crippen LogP) is 1.24. The lowest BCUT2D eigenvalue weighted by atomic mass is 9.96. The molecule has 0 bridgehead atoms. The van der Waals surface area contributed by atoms with E-state index in [2.05, 4.69) is 10.3 Å². The van der Waals surface area contributed by atoms with Gasteiger partial charge in [0.2, 0.25) is 17.7 Å². The number of piperidine rings is 1. The normalized spacial score (nSPS) is 19.7. The van der Waals surface area contributed by atoms with Crippen LogP contribution in [0.4, 0.5) is 10.6 Å². The summed E-state index contributed by atoms with van der Waals surface area (Å²) in [7, 11) is 1.58. The van der Waals surface area contributed by atoms with Gasteiger partial charge in [-0.05, 0) is 38.3 Å². The van der Waals surface area contributed by atoms with Crippen molar-refractivity contribution in [3.05, 3.63) is 23.9 Å². The number of imide groups is 1. The highest BCUT2D eigenvalue weighted by Gasteiger charge is 2.33. The van der Waals surface area contributed by atoms with Crippen molar-refractivity contribution in [3.63, 3.8) is 0 Å².